The lowest BCUT2D eigenvalue weighted by Crippen LogP contribution is -3.05. The summed E-state index contributed by atoms with van der Waals surface area (Å²) >= 11 is 0. The Hall–Kier alpha value is -0.470. The highest BCUT2D eigenvalue weighted by Gasteiger charge is 2.41. The largest absolute Gasteiger partial charge is 1.00 e. The highest BCUT2D eigenvalue weighted by molar-refractivity contribution is 4.96. The van der Waals surface area contributed by atoms with Crippen LogP contribution in [0.15, 0.2) is 24.5 Å². The normalized spacial score (nSPS) is 23.8. The molecule has 1 aliphatic rings. The van der Waals surface area contributed by atoms with Gasteiger partial charge in [-0.2, -0.15) is 0 Å². The Morgan fingerprint density at radius 2 is 1.44 bits per heavy atom. The topological polar surface area (TPSA) is 21.5 Å². The predicted octanol–water partition coefficient (Wildman–Crippen LogP) is -1.05. The zero-order chi connectivity index (χ0) is 11.1. The van der Waals surface area contributed by atoms with Crippen molar-refractivity contribution in [1.82, 2.24) is 4.57 Å². The molecule has 2 heterocycles. The number of nitrogens with two attached hydrogens (primary N) is 1. The zero-order valence-electron chi connectivity index (χ0n) is 10.7. The van der Waals surface area contributed by atoms with Crippen LogP contribution in [0.4, 0.5) is 0 Å². The first-order chi connectivity index (χ1) is 6.88. The summed E-state index contributed by atoms with van der Waals surface area (Å²) in [5.41, 5.74) is 0.716. The second-order valence-electron chi connectivity index (χ2n) is 6.31. The SMILES string of the molecule is CC1(C)CC(n2cccc2)CC(C)(C)[NH2+]1.[Cl-]. The maximum atomic E-state index is 2.53. The van der Waals surface area contributed by atoms with Crippen molar-refractivity contribution in [3.05, 3.63) is 24.5 Å². The van der Waals surface area contributed by atoms with Crippen LogP contribution in [0.1, 0.15) is 46.6 Å². The van der Waals surface area contributed by atoms with Crippen LogP contribution in [-0.4, -0.2) is 15.6 Å². The van der Waals surface area contributed by atoms with Crippen molar-refractivity contribution in [3.63, 3.8) is 0 Å². The van der Waals surface area contributed by atoms with E-state index < -0.39 is 0 Å². The zero-order valence-corrected chi connectivity index (χ0v) is 11.5. The first kappa shape index (κ1) is 13.6. The molecule has 16 heavy (non-hydrogen) atoms. The predicted molar refractivity (Wildman–Crippen MR) is 62.8 cm³/mol. The molecule has 0 saturated carbocycles. The third-order valence-corrected chi connectivity index (χ3v) is 3.35. The van der Waals surface area contributed by atoms with E-state index in [-0.39, 0.29) is 12.4 Å². The second-order valence-corrected chi connectivity index (χ2v) is 6.31. The fourth-order valence-electron chi connectivity index (χ4n) is 3.26. The molecule has 0 aromatic carbocycles. The average Bonchev–Trinajstić information content (AvgIpc) is 2.48. The number of hydrogen-bond donors (Lipinski definition) is 1. The van der Waals surface area contributed by atoms with E-state index in [2.05, 4.69) is 62.1 Å². The quantitative estimate of drug-likeness (QED) is 0.649. The molecule has 1 aromatic heterocycles. The van der Waals surface area contributed by atoms with Crippen LogP contribution >= 0.6 is 0 Å². The minimum Gasteiger partial charge on any atom is -1.00 e. The summed E-state index contributed by atoms with van der Waals surface area (Å²) in [7, 11) is 0. The molecule has 0 atom stereocenters. The molecule has 0 bridgehead atoms. The highest BCUT2D eigenvalue weighted by Crippen LogP contribution is 2.30. The number of piperidine rings is 1. The van der Waals surface area contributed by atoms with Crippen LogP contribution in [0.3, 0.4) is 0 Å². The van der Waals surface area contributed by atoms with E-state index in [1.165, 1.54) is 12.8 Å². The van der Waals surface area contributed by atoms with E-state index >= 15 is 0 Å². The average molecular weight is 243 g/mol. The first-order valence-electron chi connectivity index (χ1n) is 5.88. The molecule has 2 N–H and O–H groups in total. The summed E-state index contributed by atoms with van der Waals surface area (Å²) in [5, 5.41) is 2.53. The summed E-state index contributed by atoms with van der Waals surface area (Å²) in [6.07, 6.45) is 6.90. The Morgan fingerprint density at radius 1 is 1.00 bits per heavy atom. The fraction of sp³-hybridized carbons (Fsp3) is 0.692. The van der Waals surface area contributed by atoms with Gasteiger partial charge in [0.05, 0.1) is 11.1 Å². The third kappa shape index (κ3) is 3.02. The molecule has 2 rings (SSSR count). The number of hydrogen-bond acceptors (Lipinski definition) is 0. The van der Waals surface area contributed by atoms with Crippen molar-refractivity contribution in [2.75, 3.05) is 0 Å². The van der Waals surface area contributed by atoms with E-state index in [0.29, 0.717) is 17.1 Å². The van der Waals surface area contributed by atoms with Gasteiger partial charge >= 0.3 is 0 Å². The first-order valence-corrected chi connectivity index (χ1v) is 5.88. The van der Waals surface area contributed by atoms with Crippen molar-refractivity contribution in [2.24, 2.45) is 0 Å². The second kappa shape index (κ2) is 4.42. The molecule has 0 aliphatic carbocycles. The Kier molecular flexibility index (Phi) is 3.76. The van der Waals surface area contributed by atoms with Crippen molar-refractivity contribution < 1.29 is 17.7 Å². The van der Waals surface area contributed by atoms with Gasteiger partial charge in [-0.3, -0.25) is 0 Å². The number of rotatable bonds is 1. The van der Waals surface area contributed by atoms with Crippen molar-refractivity contribution in [1.29, 1.82) is 0 Å². The van der Waals surface area contributed by atoms with Gasteiger partial charge < -0.3 is 22.3 Å². The molecule has 2 nitrogen and oxygen atoms in total. The molecular weight excluding hydrogens is 220 g/mol. The van der Waals surface area contributed by atoms with Crippen LogP contribution in [0, 0.1) is 0 Å². The Bertz CT molecular complexity index is 312. The summed E-state index contributed by atoms with van der Waals surface area (Å²) in [6.45, 7) is 9.41. The van der Waals surface area contributed by atoms with Gasteiger partial charge in [-0.1, -0.05) is 0 Å². The maximum absolute atomic E-state index is 2.53. The van der Waals surface area contributed by atoms with Crippen LogP contribution in [0.5, 0.6) is 0 Å². The molecule has 1 fully saturated rings. The summed E-state index contributed by atoms with van der Waals surface area (Å²) in [5.74, 6) is 0. The van der Waals surface area contributed by atoms with E-state index in [4.69, 9.17) is 0 Å². The van der Waals surface area contributed by atoms with E-state index in [1.54, 1.807) is 0 Å². The lowest BCUT2D eigenvalue weighted by molar-refractivity contribution is -0.789. The van der Waals surface area contributed by atoms with Crippen molar-refractivity contribution in [2.45, 2.75) is 57.7 Å². The van der Waals surface area contributed by atoms with Crippen LogP contribution < -0.4 is 17.7 Å². The molecule has 1 aliphatic heterocycles. The number of quaternary nitrogens is 1. The van der Waals surface area contributed by atoms with Crippen LogP contribution in [0.25, 0.3) is 0 Å². The minimum atomic E-state index is 0. The molecule has 1 aromatic rings. The fourth-order valence-corrected chi connectivity index (χ4v) is 3.26. The van der Waals surface area contributed by atoms with Gasteiger partial charge in [0.15, 0.2) is 0 Å². The Labute approximate surface area is 105 Å². The summed E-state index contributed by atoms with van der Waals surface area (Å²) < 4.78 is 2.37. The Morgan fingerprint density at radius 3 is 1.88 bits per heavy atom. The lowest BCUT2D eigenvalue weighted by atomic mass is 9.79. The summed E-state index contributed by atoms with van der Waals surface area (Å²) in [6, 6.07) is 4.91. The lowest BCUT2D eigenvalue weighted by Gasteiger charge is -2.43. The van der Waals surface area contributed by atoms with Crippen molar-refractivity contribution >= 4 is 0 Å². The van der Waals surface area contributed by atoms with E-state index in [9.17, 15) is 0 Å². The van der Waals surface area contributed by atoms with Crippen LogP contribution in [0.2, 0.25) is 0 Å². The molecule has 0 spiro atoms. The minimum absolute atomic E-state index is 0. The van der Waals surface area contributed by atoms with Gasteiger partial charge in [-0.25, -0.2) is 0 Å². The molecule has 0 unspecified atom stereocenters. The van der Waals surface area contributed by atoms with Crippen LogP contribution in [-0.2, 0) is 0 Å². The molecule has 1 saturated heterocycles. The maximum Gasteiger partial charge on any atom is 0.0928 e. The van der Waals surface area contributed by atoms with E-state index in [0.717, 1.165) is 0 Å². The monoisotopic (exact) mass is 242 g/mol. The van der Waals surface area contributed by atoms with Gasteiger partial charge in [0.25, 0.3) is 0 Å². The number of halogens is 1. The van der Waals surface area contributed by atoms with Crippen molar-refractivity contribution in [3.8, 4) is 0 Å². The standard InChI is InChI=1S/C13H22N2.ClH/c1-12(2)9-11(10-13(3,4)14-12)15-7-5-6-8-15;/h5-8,11,14H,9-10H2,1-4H3;1H. The van der Waals surface area contributed by atoms with Gasteiger partial charge in [0.2, 0.25) is 0 Å². The Balaban J connectivity index is 0.00000128. The van der Waals surface area contributed by atoms with Gasteiger partial charge in [0, 0.05) is 31.3 Å². The summed E-state index contributed by atoms with van der Waals surface area (Å²) in [4.78, 5) is 0. The molecule has 0 radical (unpaired) electrons. The van der Waals surface area contributed by atoms with E-state index in [1.807, 2.05) is 0 Å². The molecule has 0 amide bonds. The van der Waals surface area contributed by atoms with Gasteiger partial charge in [-0.05, 0) is 39.8 Å². The molecule has 3 heteroatoms. The molecular formula is C13H23ClN2. The molecule has 92 valence electrons. The smallest absolute Gasteiger partial charge is 0.0928 e. The van der Waals surface area contributed by atoms with Gasteiger partial charge in [-0.15, -0.1) is 0 Å². The van der Waals surface area contributed by atoms with Gasteiger partial charge in [0.1, 0.15) is 0 Å². The number of aromatic nitrogens is 1. The number of nitrogens with zero attached hydrogens (tertiary/aromatic N) is 1. The highest BCUT2D eigenvalue weighted by atomic mass is 35.5. The third-order valence-electron chi connectivity index (χ3n) is 3.35.